The predicted molar refractivity (Wildman–Crippen MR) is 151 cm³/mol. The first-order valence-corrected chi connectivity index (χ1v) is 11.8. The Hall–Kier alpha value is -4.77. The number of ether oxygens (including phenoxy) is 1. The number of hydrogen-bond acceptors (Lipinski definition) is 7. The fourth-order valence-corrected chi connectivity index (χ4v) is 3.15. The Morgan fingerprint density at radius 1 is 1.23 bits per heavy atom. The van der Waals surface area contributed by atoms with Crippen molar-refractivity contribution in [1.29, 1.82) is 0 Å². The molecule has 0 aliphatic carbocycles. The maximum atomic E-state index is 12.6. The van der Waals surface area contributed by atoms with Crippen molar-refractivity contribution in [2.24, 2.45) is 0 Å². The van der Waals surface area contributed by atoms with Gasteiger partial charge in [0.05, 0.1) is 49.2 Å². The highest BCUT2D eigenvalue weighted by Gasteiger charge is 2.17. The van der Waals surface area contributed by atoms with Crippen LogP contribution in [0, 0.1) is 0 Å². The first-order chi connectivity index (χ1) is 18.9. The monoisotopic (exact) mass is 545 g/mol. The highest BCUT2D eigenvalue weighted by atomic mass is 19.1. The van der Waals surface area contributed by atoms with Crippen LogP contribution in [0.4, 0.5) is 8.78 Å². The first kappa shape index (κ1) is 30.5. The minimum Gasteiger partial charge on any atom is -0.499 e. The number of aliphatic hydroxyl groups excluding tert-OH is 1. The number of carbonyl (C=O) groups excluding carboxylic acids is 1. The maximum absolute atomic E-state index is 12.6. The van der Waals surface area contributed by atoms with E-state index in [-0.39, 0.29) is 41.2 Å². The van der Waals surface area contributed by atoms with E-state index in [4.69, 9.17) is 4.74 Å². The number of aliphatic hydroxyl groups is 1. The van der Waals surface area contributed by atoms with Gasteiger partial charge in [-0.1, -0.05) is 49.1 Å². The van der Waals surface area contributed by atoms with Crippen LogP contribution in [0.25, 0.3) is 0 Å². The lowest BCUT2D eigenvalue weighted by molar-refractivity contribution is 0.0915. The Morgan fingerprint density at radius 2 is 1.90 bits per heavy atom. The lowest BCUT2D eigenvalue weighted by atomic mass is 10.2. The molecule has 3 rings (SSSR count). The van der Waals surface area contributed by atoms with Crippen LogP contribution in [0.1, 0.15) is 21.6 Å². The van der Waals surface area contributed by atoms with Crippen LogP contribution in [0.5, 0.6) is 0 Å². The van der Waals surface area contributed by atoms with Crippen molar-refractivity contribution in [3.63, 3.8) is 0 Å². The van der Waals surface area contributed by atoms with Gasteiger partial charge >= 0.3 is 0 Å². The molecule has 1 aliphatic heterocycles. The highest BCUT2D eigenvalue weighted by molar-refractivity contribution is 5.93. The molecule has 0 fully saturated rings. The van der Waals surface area contributed by atoms with E-state index in [0.717, 1.165) is 22.9 Å². The molecular weight excluding hydrogens is 508 g/mol. The fourth-order valence-electron chi connectivity index (χ4n) is 3.15. The molecule has 9 nitrogen and oxygen atoms in total. The van der Waals surface area contributed by atoms with Gasteiger partial charge in [0.2, 0.25) is 6.35 Å². The third-order valence-corrected chi connectivity index (χ3v) is 4.96. The maximum Gasteiger partial charge on any atom is 0.266 e. The summed E-state index contributed by atoms with van der Waals surface area (Å²) in [6, 6.07) is 11.5. The number of aromatic nitrogens is 2. The quantitative estimate of drug-likeness (QED) is 0.248. The fraction of sp³-hybridized carbons (Fsp3) is 0.179. The van der Waals surface area contributed by atoms with Crippen molar-refractivity contribution in [2.45, 2.75) is 25.9 Å². The Morgan fingerprint density at radius 3 is 2.51 bits per heavy atom. The SMILES string of the molecule is C=CC1=C(/C=C/OC[C@@H](C)NC(=O)c2cncn(CC(/C=C/F)=C/C=C/F)c2=O)NC(O)N1.[HH].[HH].[HH].c1ccccc1. The van der Waals surface area contributed by atoms with Gasteiger partial charge in [-0.15, -0.1) is 0 Å². The minimum absolute atomic E-state index is 0. The zero-order valence-corrected chi connectivity index (χ0v) is 21.3. The Labute approximate surface area is 229 Å². The molecule has 0 saturated carbocycles. The number of benzene rings is 1. The predicted octanol–water partition coefficient (Wildman–Crippen LogP) is 4.08. The lowest BCUT2D eigenvalue weighted by Crippen LogP contribution is -2.39. The molecule has 39 heavy (non-hydrogen) atoms. The van der Waals surface area contributed by atoms with Crippen molar-refractivity contribution in [3.05, 3.63) is 138 Å². The number of allylic oxidation sites excluding steroid dienone is 6. The summed E-state index contributed by atoms with van der Waals surface area (Å²) in [4.78, 5) is 29.0. The molecule has 1 aromatic heterocycles. The van der Waals surface area contributed by atoms with Crippen molar-refractivity contribution in [3.8, 4) is 0 Å². The number of hydrogen-bond donors (Lipinski definition) is 4. The molecule has 212 valence electrons. The van der Waals surface area contributed by atoms with Crippen LogP contribution >= 0.6 is 0 Å². The summed E-state index contributed by atoms with van der Waals surface area (Å²) >= 11 is 0. The van der Waals surface area contributed by atoms with Gasteiger partial charge in [-0.25, -0.2) is 13.8 Å². The summed E-state index contributed by atoms with van der Waals surface area (Å²) in [5.74, 6) is -0.654. The zero-order valence-electron chi connectivity index (χ0n) is 21.3. The second-order valence-corrected chi connectivity index (χ2v) is 7.98. The molecule has 1 amide bonds. The van der Waals surface area contributed by atoms with Gasteiger partial charge in [0.15, 0.2) is 0 Å². The van der Waals surface area contributed by atoms with Gasteiger partial charge in [-0.3, -0.25) is 14.2 Å². The zero-order chi connectivity index (χ0) is 28.5. The number of rotatable bonds is 11. The molecule has 4 N–H and O–H groups in total. The van der Waals surface area contributed by atoms with E-state index in [1.165, 1.54) is 24.7 Å². The van der Waals surface area contributed by atoms with Crippen molar-refractivity contribution in [1.82, 2.24) is 25.5 Å². The minimum atomic E-state index is -0.917. The van der Waals surface area contributed by atoms with E-state index in [2.05, 4.69) is 27.5 Å². The average molecular weight is 546 g/mol. The summed E-state index contributed by atoms with van der Waals surface area (Å²) in [7, 11) is 0. The molecule has 2 atom stereocenters. The van der Waals surface area contributed by atoms with E-state index < -0.39 is 23.9 Å². The van der Waals surface area contributed by atoms with E-state index >= 15 is 0 Å². The molecule has 1 unspecified atom stereocenters. The summed E-state index contributed by atoms with van der Waals surface area (Å²) < 4.78 is 31.3. The number of nitrogens with zero attached hydrogens (tertiary/aromatic N) is 2. The van der Waals surface area contributed by atoms with Crippen LogP contribution in [-0.4, -0.2) is 39.6 Å². The Kier molecular flexibility index (Phi) is 13.2. The third kappa shape index (κ3) is 10.6. The Bertz CT molecular complexity index is 1280. The highest BCUT2D eigenvalue weighted by Crippen LogP contribution is 2.09. The number of carbonyl (C=O) groups is 1. The third-order valence-electron chi connectivity index (χ3n) is 4.96. The van der Waals surface area contributed by atoms with Crippen LogP contribution in [0.15, 0.2) is 127 Å². The molecule has 2 heterocycles. The van der Waals surface area contributed by atoms with E-state index in [1.54, 1.807) is 13.0 Å². The van der Waals surface area contributed by atoms with Crippen molar-refractivity contribution in [2.75, 3.05) is 6.61 Å². The molecule has 0 saturated heterocycles. The molecule has 11 heteroatoms. The molecule has 1 aliphatic rings. The van der Waals surface area contributed by atoms with Crippen molar-refractivity contribution >= 4 is 5.91 Å². The van der Waals surface area contributed by atoms with Gasteiger partial charge < -0.3 is 25.8 Å². The normalized spacial score (nSPS) is 16.0. The topological polar surface area (TPSA) is 118 Å². The molecule has 0 radical (unpaired) electrons. The van der Waals surface area contributed by atoms with Crippen molar-refractivity contribution < 1.29 is 27.7 Å². The summed E-state index contributed by atoms with van der Waals surface area (Å²) in [6.07, 6.45) is 9.87. The summed E-state index contributed by atoms with van der Waals surface area (Å²) in [5.41, 5.74) is 0.636. The number of halogens is 2. The standard InChI is InChI=1S/C22H25F2N5O4.C6H6.3H2/c1-3-18-19(28-22(32)27-18)7-10-33-13-15(2)26-20(30)17-11-25-14-29(21(17)31)12-16(6-9-24)5-4-8-23;1-2-4-6-5-3-1;;;/h3-11,14-15,22,27-28,32H,1,12-13H2,2H3,(H,26,30);1-6H;3*1H/b8-4+,9-6+,10-7+,16-5+;;;;/t15-,22?;;;;/m1..../s1. The molecule has 0 bridgehead atoms. The Balaban J connectivity index is 0. The number of amides is 1. The second-order valence-electron chi connectivity index (χ2n) is 7.98. The molecule has 1 aromatic carbocycles. The molecule has 2 aromatic rings. The summed E-state index contributed by atoms with van der Waals surface area (Å²) in [6.45, 7) is 5.31. The van der Waals surface area contributed by atoms with Crippen LogP contribution in [-0.2, 0) is 11.3 Å². The van der Waals surface area contributed by atoms with Gasteiger partial charge in [0.1, 0.15) is 12.2 Å². The van der Waals surface area contributed by atoms with Gasteiger partial charge in [-0.05, 0) is 36.8 Å². The lowest BCUT2D eigenvalue weighted by Gasteiger charge is -2.14. The van der Waals surface area contributed by atoms with Gasteiger partial charge in [-0.2, -0.15) is 0 Å². The van der Waals surface area contributed by atoms with Crippen LogP contribution in [0.3, 0.4) is 0 Å². The number of nitrogens with one attached hydrogen (secondary N) is 3. The second kappa shape index (κ2) is 16.9. The molecular formula is C28H37F2N5O4. The van der Waals surface area contributed by atoms with E-state index in [9.17, 15) is 23.5 Å². The van der Waals surface area contributed by atoms with Gasteiger partial charge in [0.25, 0.3) is 11.5 Å². The van der Waals surface area contributed by atoms with Crippen LogP contribution < -0.4 is 21.5 Å². The largest absolute Gasteiger partial charge is 0.499 e. The van der Waals surface area contributed by atoms with E-state index in [1.807, 2.05) is 36.4 Å². The van der Waals surface area contributed by atoms with Gasteiger partial charge in [0, 0.05) is 10.5 Å². The average Bonchev–Trinajstić information content (AvgIpc) is 3.31. The van der Waals surface area contributed by atoms with E-state index in [0.29, 0.717) is 11.4 Å². The summed E-state index contributed by atoms with van der Waals surface area (Å²) in [5, 5.41) is 17.6. The molecule has 0 spiro atoms. The first-order valence-electron chi connectivity index (χ1n) is 11.8. The smallest absolute Gasteiger partial charge is 0.266 e. The van der Waals surface area contributed by atoms with Crippen LogP contribution in [0.2, 0.25) is 0 Å².